The average molecular weight is 332 g/mol. The molecule has 0 radical (unpaired) electrons. The van der Waals surface area contributed by atoms with Crippen LogP contribution in [0.15, 0.2) is 30.6 Å². The van der Waals surface area contributed by atoms with E-state index in [4.69, 9.17) is 4.74 Å². The maximum absolute atomic E-state index is 9.89. The van der Waals surface area contributed by atoms with Crippen LogP contribution >= 0.6 is 0 Å². The minimum absolute atomic E-state index is 0.364. The highest BCUT2D eigenvalue weighted by molar-refractivity contribution is 5.92. The zero-order valence-corrected chi connectivity index (χ0v) is 14.5. The van der Waals surface area contributed by atoms with Gasteiger partial charge in [-0.15, -0.1) is 0 Å². The summed E-state index contributed by atoms with van der Waals surface area (Å²) in [6, 6.07) is 8.69. The lowest BCUT2D eigenvalue weighted by Crippen LogP contribution is -2.08. The zero-order valence-electron chi connectivity index (χ0n) is 14.5. The molecule has 0 unspecified atom stereocenters. The van der Waals surface area contributed by atoms with Crippen molar-refractivity contribution in [3.8, 4) is 23.2 Å². The van der Waals surface area contributed by atoms with Crippen LogP contribution in [0.5, 0.6) is 5.75 Å². The van der Waals surface area contributed by atoms with Crippen LogP contribution in [-0.2, 0) is 0 Å². The topological polar surface area (TPSA) is 63.7 Å². The Bertz CT molecular complexity index is 960. The Labute approximate surface area is 146 Å². The van der Waals surface area contributed by atoms with E-state index in [1.54, 1.807) is 13.3 Å². The third-order valence-electron chi connectivity index (χ3n) is 5.01. The van der Waals surface area contributed by atoms with Crippen molar-refractivity contribution in [2.24, 2.45) is 0 Å². The van der Waals surface area contributed by atoms with Crippen molar-refractivity contribution < 1.29 is 4.74 Å². The zero-order chi connectivity index (χ0) is 17.4. The standard InChI is InChI=1S/C20H20N4O/c1-13-7-8-18(22-11-13)19-17(10-21)16-9-15(25-2)12-23-20(16)24(19)14-5-3-4-6-14/h7-9,11-12,14H,3-6H2,1-2H3. The lowest BCUT2D eigenvalue weighted by atomic mass is 10.1. The first-order chi connectivity index (χ1) is 12.2. The van der Waals surface area contributed by atoms with Crippen molar-refractivity contribution in [2.45, 2.75) is 38.6 Å². The molecule has 3 aromatic rings. The fourth-order valence-electron chi connectivity index (χ4n) is 3.77. The number of nitrogens with zero attached hydrogens (tertiary/aromatic N) is 4. The molecule has 4 rings (SSSR count). The number of pyridine rings is 2. The molecule has 1 aliphatic carbocycles. The van der Waals surface area contributed by atoms with E-state index in [1.807, 2.05) is 31.3 Å². The molecule has 25 heavy (non-hydrogen) atoms. The molecule has 0 bridgehead atoms. The number of hydrogen-bond acceptors (Lipinski definition) is 4. The summed E-state index contributed by atoms with van der Waals surface area (Å²) in [5.41, 5.74) is 4.29. The SMILES string of the molecule is COc1cnc2c(c1)c(C#N)c(-c1ccc(C)cn1)n2C1CCCC1. The number of fused-ring (bicyclic) bond motifs is 1. The number of nitriles is 1. The van der Waals surface area contributed by atoms with Gasteiger partial charge in [-0.25, -0.2) is 4.98 Å². The highest BCUT2D eigenvalue weighted by Gasteiger charge is 2.27. The normalized spacial score (nSPS) is 14.8. The van der Waals surface area contributed by atoms with E-state index in [-0.39, 0.29) is 0 Å². The van der Waals surface area contributed by atoms with Crippen molar-refractivity contribution >= 4 is 11.0 Å². The monoisotopic (exact) mass is 332 g/mol. The lowest BCUT2D eigenvalue weighted by molar-refractivity contribution is 0.413. The van der Waals surface area contributed by atoms with Crippen molar-refractivity contribution in [2.75, 3.05) is 7.11 Å². The van der Waals surface area contributed by atoms with Gasteiger partial charge >= 0.3 is 0 Å². The summed E-state index contributed by atoms with van der Waals surface area (Å²) in [5, 5.41) is 10.7. The second-order valence-corrected chi connectivity index (χ2v) is 6.61. The quantitative estimate of drug-likeness (QED) is 0.713. The van der Waals surface area contributed by atoms with Gasteiger partial charge in [-0.05, 0) is 37.5 Å². The molecule has 5 nitrogen and oxygen atoms in total. The summed E-state index contributed by atoms with van der Waals surface area (Å²) in [6.07, 6.45) is 8.22. The first kappa shape index (κ1) is 15.6. The van der Waals surface area contributed by atoms with E-state index >= 15 is 0 Å². The lowest BCUT2D eigenvalue weighted by Gasteiger charge is -2.17. The van der Waals surface area contributed by atoms with Gasteiger partial charge in [-0.2, -0.15) is 5.26 Å². The van der Waals surface area contributed by atoms with Gasteiger partial charge in [0.05, 0.1) is 30.3 Å². The van der Waals surface area contributed by atoms with Crippen LogP contribution in [0.1, 0.15) is 42.9 Å². The summed E-state index contributed by atoms with van der Waals surface area (Å²) < 4.78 is 7.56. The van der Waals surface area contributed by atoms with Crippen LogP contribution < -0.4 is 4.74 Å². The Morgan fingerprint density at radius 2 is 2.00 bits per heavy atom. The fraction of sp³-hybridized carbons (Fsp3) is 0.350. The fourth-order valence-corrected chi connectivity index (χ4v) is 3.77. The van der Waals surface area contributed by atoms with Crippen molar-refractivity contribution in [3.05, 3.63) is 41.7 Å². The van der Waals surface area contributed by atoms with E-state index in [2.05, 4.69) is 20.6 Å². The van der Waals surface area contributed by atoms with Crippen LogP contribution in [0.4, 0.5) is 0 Å². The Morgan fingerprint density at radius 1 is 1.20 bits per heavy atom. The third kappa shape index (κ3) is 2.54. The van der Waals surface area contributed by atoms with Gasteiger partial charge in [0, 0.05) is 17.6 Å². The highest BCUT2D eigenvalue weighted by atomic mass is 16.5. The molecule has 1 saturated carbocycles. The molecular weight excluding hydrogens is 312 g/mol. The molecule has 3 heterocycles. The van der Waals surface area contributed by atoms with Gasteiger partial charge in [0.1, 0.15) is 17.5 Å². The minimum atomic E-state index is 0.364. The number of hydrogen-bond donors (Lipinski definition) is 0. The van der Waals surface area contributed by atoms with Crippen LogP contribution in [0.3, 0.4) is 0 Å². The molecule has 1 fully saturated rings. The Kier molecular flexibility index (Phi) is 3.89. The third-order valence-corrected chi connectivity index (χ3v) is 5.01. The molecule has 0 N–H and O–H groups in total. The highest BCUT2D eigenvalue weighted by Crippen LogP contribution is 2.40. The molecule has 5 heteroatoms. The van der Waals surface area contributed by atoms with Crippen molar-refractivity contribution in [3.63, 3.8) is 0 Å². The number of aryl methyl sites for hydroxylation is 1. The second-order valence-electron chi connectivity index (χ2n) is 6.61. The van der Waals surface area contributed by atoms with E-state index in [9.17, 15) is 5.26 Å². The van der Waals surface area contributed by atoms with Gasteiger partial charge in [0.25, 0.3) is 0 Å². The van der Waals surface area contributed by atoms with Crippen molar-refractivity contribution in [1.82, 2.24) is 14.5 Å². The summed E-state index contributed by atoms with van der Waals surface area (Å²) in [7, 11) is 1.62. The van der Waals surface area contributed by atoms with Crippen LogP contribution in [0.2, 0.25) is 0 Å². The molecular formula is C20H20N4O. The molecule has 3 aromatic heterocycles. The molecule has 126 valence electrons. The van der Waals surface area contributed by atoms with E-state index in [1.165, 1.54) is 12.8 Å². The van der Waals surface area contributed by atoms with E-state index in [0.717, 1.165) is 40.8 Å². The van der Waals surface area contributed by atoms with E-state index < -0.39 is 0 Å². The first-order valence-corrected chi connectivity index (χ1v) is 8.64. The van der Waals surface area contributed by atoms with Gasteiger partial charge in [-0.1, -0.05) is 18.9 Å². The molecule has 0 aromatic carbocycles. The molecule has 0 saturated heterocycles. The molecule has 1 aliphatic rings. The van der Waals surface area contributed by atoms with Gasteiger partial charge in [0.15, 0.2) is 0 Å². The van der Waals surface area contributed by atoms with Gasteiger partial charge < -0.3 is 9.30 Å². The van der Waals surface area contributed by atoms with Gasteiger partial charge in [0.2, 0.25) is 0 Å². The predicted molar refractivity (Wildman–Crippen MR) is 96.5 cm³/mol. The Morgan fingerprint density at radius 3 is 2.64 bits per heavy atom. The minimum Gasteiger partial charge on any atom is -0.495 e. The van der Waals surface area contributed by atoms with Crippen LogP contribution in [0.25, 0.3) is 22.4 Å². The number of methoxy groups -OCH3 is 1. The molecule has 0 amide bonds. The number of aromatic nitrogens is 3. The number of rotatable bonds is 3. The van der Waals surface area contributed by atoms with Gasteiger partial charge in [-0.3, -0.25) is 4.98 Å². The summed E-state index contributed by atoms with van der Waals surface area (Å²) in [4.78, 5) is 9.22. The molecule has 0 spiro atoms. The maximum atomic E-state index is 9.89. The average Bonchev–Trinajstić information content (AvgIpc) is 3.27. The van der Waals surface area contributed by atoms with E-state index in [0.29, 0.717) is 17.4 Å². The largest absolute Gasteiger partial charge is 0.495 e. The maximum Gasteiger partial charge on any atom is 0.142 e. The predicted octanol–water partition coefficient (Wildman–Crippen LogP) is 4.40. The molecule has 0 atom stereocenters. The number of ether oxygens (including phenoxy) is 1. The Hall–Kier alpha value is -2.87. The first-order valence-electron chi connectivity index (χ1n) is 8.64. The second kappa shape index (κ2) is 6.21. The van der Waals surface area contributed by atoms with Crippen LogP contribution in [0, 0.1) is 18.3 Å². The summed E-state index contributed by atoms with van der Waals surface area (Å²) in [5.74, 6) is 0.663. The molecule has 0 aliphatic heterocycles. The Balaban J connectivity index is 2.05. The smallest absolute Gasteiger partial charge is 0.142 e. The van der Waals surface area contributed by atoms with Crippen molar-refractivity contribution in [1.29, 1.82) is 5.26 Å². The summed E-state index contributed by atoms with van der Waals surface area (Å²) in [6.45, 7) is 2.01. The van der Waals surface area contributed by atoms with Crippen LogP contribution in [-0.4, -0.2) is 21.6 Å². The summed E-state index contributed by atoms with van der Waals surface area (Å²) >= 11 is 0.